The summed E-state index contributed by atoms with van der Waals surface area (Å²) >= 11 is 1.12. The minimum absolute atomic E-state index is 0.344. The summed E-state index contributed by atoms with van der Waals surface area (Å²) in [5.74, 6) is 0.764. The van der Waals surface area contributed by atoms with Crippen molar-refractivity contribution in [1.82, 2.24) is 10.4 Å². The van der Waals surface area contributed by atoms with Gasteiger partial charge < -0.3 is 15.2 Å². The Labute approximate surface area is 166 Å². The molecule has 1 heterocycles. The number of thiazole rings is 1. The number of carbonyl (C=O) groups is 1. The predicted molar refractivity (Wildman–Crippen MR) is 110 cm³/mol. The number of nitrogens with one attached hydrogen (secondary N) is 1. The molecule has 28 heavy (non-hydrogen) atoms. The molecule has 0 aliphatic heterocycles. The number of rotatable bonds is 7. The van der Waals surface area contributed by atoms with Gasteiger partial charge in [0, 0.05) is 5.56 Å². The Morgan fingerprint density at radius 1 is 1.25 bits per heavy atom. The van der Waals surface area contributed by atoms with Gasteiger partial charge in [-0.2, -0.15) is 5.10 Å². The van der Waals surface area contributed by atoms with E-state index in [2.05, 4.69) is 15.5 Å². The minimum atomic E-state index is -0.363. The van der Waals surface area contributed by atoms with Crippen LogP contribution in [0.4, 0.5) is 5.13 Å². The summed E-state index contributed by atoms with van der Waals surface area (Å²) in [6.45, 7) is 2.11. The molecule has 3 rings (SSSR count). The van der Waals surface area contributed by atoms with Gasteiger partial charge in [0.15, 0.2) is 16.6 Å². The van der Waals surface area contributed by atoms with Crippen LogP contribution >= 0.6 is 11.3 Å². The first kappa shape index (κ1) is 19.4. The van der Waals surface area contributed by atoms with E-state index in [1.54, 1.807) is 20.1 Å². The van der Waals surface area contributed by atoms with Crippen LogP contribution in [0.1, 0.15) is 26.5 Å². The van der Waals surface area contributed by atoms with Crippen molar-refractivity contribution in [2.45, 2.75) is 13.5 Å². The molecule has 0 atom stereocenters. The normalized spacial score (nSPS) is 10.8. The maximum Gasteiger partial charge on any atom is 0.283 e. The van der Waals surface area contributed by atoms with Crippen LogP contribution in [0, 0.1) is 6.92 Å². The maximum atomic E-state index is 12.2. The van der Waals surface area contributed by atoms with Crippen molar-refractivity contribution in [3.63, 3.8) is 0 Å². The number of nitrogens with two attached hydrogens (primary N) is 1. The predicted octanol–water partition coefficient (Wildman–Crippen LogP) is 3.39. The number of nitrogens with zero attached hydrogens (tertiary/aromatic N) is 2. The van der Waals surface area contributed by atoms with Gasteiger partial charge in [-0.1, -0.05) is 47.7 Å². The number of carbonyl (C=O) groups excluding carboxylic acids is 1. The zero-order valence-electron chi connectivity index (χ0n) is 15.5. The van der Waals surface area contributed by atoms with E-state index in [0.29, 0.717) is 39.4 Å². The Morgan fingerprint density at radius 2 is 2.04 bits per heavy atom. The number of anilines is 1. The van der Waals surface area contributed by atoms with Gasteiger partial charge in [-0.3, -0.25) is 4.79 Å². The van der Waals surface area contributed by atoms with E-state index in [4.69, 9.17) is 15.2 Å². The van der Waals surface area contributed by atoms with Gasteiger partial charge in [-0.25, -0.2) is 10.4 Å². The van der Waals surface area contributed by atoms with Crippen LogP contribution < -0.4 is 20.6 Å². The number of aromatic nitrogens is 1. The molecule has 1 aromatic heterocycles. The monoisotopic (exact) mass is 396 g/mol. The number of para-hydroxylation sites is 1. The third kappa shape index (κ3) is 4.66. The molecule has 144 valence electrons. The lowest BCUT2D eigenvalue weighted by Gasteiger charge is -2.13. The third-order valence-corrected chi connectivity index (χ3v) is 4.83. The lowest BCUT2D eigenvalue weighted by atomic mass is 10.2. The second-order valence-corrected chi connectivity index (χ2v) is 6.85. The zero-order valence-corrected chi connectivity index (χ0v) is 16.3. The number of methoxy groups -OCH3 is 1. The largest absolute Gasteiger partial charge is 0.493 e. The molecule has 0 saturated carbocycles. The van der Waals surface area contributed by atoms with Crippen LogP contribution in [-0.4, -0.2) is 24.2 Å². The highest BCUT2D eigenvalue weighted by Crippen LogP contribution is 2.30. The number of aryl methyl sites for hydroxylation is 1. The Kier molecular flexibility index (Phi) is 6.23. The van der Waals surface area contributed by atoms with E-state index in [-0.39, 0.29) is 5.91 Å². The molecule has 1 amide bonds. The summed E-state index contributed by atoms with van der Waals surface area (Å²) in [4.78, 5) is 16.7. The second-order valence-electron chi connectivity index (χ2n) is 5.82. The molecule has 0 radical (unpaired) electrons. The van der Waals surface area contributed by atoms with Crippen molar-refractivity contribution in [2.24, 2.45) is 5.10 Å². The quantitative estimate of drug-likeness (QED) is 0.471. The van der Waals surface area contributed by atoms with Gasteiger partial charge in [0.05, 0.1) is 19.0 Å². The van der Waals surface area contributed by atoms with Gasteiger partial charge in [0.2, 0.25) is 0 Å². The number of ether oxygens (including phenoxy) is 2. The third-order valence-electron chi connectivity index (χ3n) is 3.84. The van der Waals surface area contributed by atoms with E-state index >= 15 is 0 Å². The summed E-state index contributed by atoms with van der Waals surface area (Å²) in [5.41, 5.74) is 10.4. The standard InChI is InChI=1S/C20H20N4O3S/c1-13-18(28-20(21)23-13)19(25)24-22-11-15-9-6-10-16(26-2)17(15)27-12-14-7-4-3-5-8-14/h3-11H,12H2,1-2H3,(H2,21,23)(H,24,25)/b22-11-. The molecule has 0 unspecified atom stereocenters. The van der Waals surface area contributed by atoms with E-state index in [1.165, 1.54) is 6.21 Å². The average Bonchev–Trinajstić information content (AvgIpc) is 3.05. The highest BCUT2D eigenvalue weighted by Gasteiger charge is 2.14. The highest BCUT2D eigenvalue weighted by molar-refractivity contribution is 7.17. The van der Waals surface area contributed by atoms with Crippen molar-refractivity contribution in [3.05, 3.63) is 70.2 Å². The van der Waals surface area contributed by atoms with Crippen molar-refractivity contribution < 1.29 is 14.3 Å². The Balaban J connectivity index is 1.74. The molecule has 7 nitrogen and oxygen atoms in total. The lowest BCUT2D eigenvalue weighted by molar-refractivity contribution is 0.0958. The zero-order chi connectivity index (χ0) is 19.9. The first-order valence-corrected chi connectivity index (χ1v) is 9.30. The molecular formula is C20H20N4O3S. The lowest BCUT2D eigenvalue weighted by Crippen LogP contribution is -2.17. The van der Waals surface area contributed by atoms with Gasteiger partial charge in [0.1, 0.15) is 11.5 Å². The van der Waals surface area contributed by atoms with Crippen LogP contribution in [-0.2, 0) is 6.61 Å². The fourth-order valence-electron chi connectivity index (χ4n) is 2.52. The number of nitrogen functional groups attached to an aromatic ring is 1. The van der Waals surface area contributed by atoms with Crippen LogP contribution in [0.25, 0.3) is 0 Å². The van der Waals surface area contributed by atoms with E-state index in [1.807, 2.05) is 42.5 Å². The molecular weight excluding hydrogens is 376 g/mol. The molecule has 0 fully saturated rings. The van der Waals surface area contributed by atoms with E-state index < -0.39 is 0 Å². The molecule has 3 N–H and O–H groups in total. The number of amides is 1. The van der Waals surface area contributed by atoms with Crippen molar-refractivity contribution >= 4 is 28.6 Å². The molecule has 0 aliphatic rings. The molecule has 0 spiro atoms. The van der Waals surface area contributed by atoms with Gasteiger partial charge in [-0.05, 0) is 24.6 Å². The first-order chi connectivity index (χ1) is 13.6. The van der Waals surface area contributed by atoms with Crippen LogP contribution in [0.3, 0.4) is 0 Å². The maximum absolute atomic E-state index is 12.2. The molecule has 3 aromatic rings. The average molecular weight is 396 g/mol. The smallest absolute Gasteiger partial charge is 0.283 e. The first-order valence-electron chi connectivity index (χ1n) is 8.48. The molecule has 0 saturated heterocycles. The van der Waals surface area contributed by atoms with Gasteiger partial charge in [-0.15, -0.1) is 0 Å². The number of benzene rings is 2. The minimum Gasteiger partial charge on any atom is -0.493 e. The topological polar surface area (TPSA) is 98.8 Å². The van der Waals surface area contributed by atoms with E-state index in [0.717, 1.165) is 16.9 Å². The summed E-state index contributed by atoms with van der Waals surface area (Å²) in [6.07, 6.45) is 1.51. The van der Waals surface area contributed by atoms with E-state index in [9.17, 15) is 4.79 Å². The summed E-state index contributed by atoms with van der Waals surface area (Å²) in [6, 6.07) is 15.3. The van der Waals surface area contributed by atoms with Crippen molar-refractivity contribution in [2.75, 3.05) is 12.8 Å². The van der Waals surface area contributed by atoms with Gasteiger partial charge >= 0.3 is 0 Å². The number of hydrogen-bond donors (Lipinski definition) is 2. The Morgan fingerprint density at radius 3 is 2.71 bits per heavy atom. The van der Waals surface area contributed by atoms with Gasteiger partial charge in [0.25, 0.3) is 5.91 Å². The summed E-state index contributed by atoms with van der Waals surface area (Å²) < 4.78 is 11.4. The molecule has 2 aromatic carbocycles. The number of hydrazone groups is 1. The second kappa shape index (κ2) is 9.01. The number of hydrogen-bond acceptors (Lipinski definition) is 7. The molecule has 8 heteroatoms. The van der Waals surface area contributed by atoms with Crippen LogP contribution in [0.15, 0.2) is 53.6 Å². The Bertz CT molecular complexity index is 986. The fraction of sp³-hybridized carbons (Fsp3) is 0.150. The van der Waals surface area contributed by atoms with Crippen molar-refractivity contribution in [1.29, 1.82) is 0 Å². The fourth-order valence-corrected chi connectivity index (χ4v) is 3.24. The van der Waals surface area contributed by atoms with Crippen LogP contribution in [0.2, 0.25) is 0 Å². The SMILES string of the molecule is COc1cccc(/C=N\NC(=O)c2sc(N)nc2C)c1OCc1ccccc1. The van der Waals surface area contributed by atoms with Crippen molar-refractivity contribution in [3.8, 4) is 11.5 Å². The molecule has 0 aliphatic carbocycles. The highest BCUT2D eigenvalue weighted by atomic mass is 32.1. The summed E-state index contributed by atoms with van der Waals surface area (Å²) in [7, 11) is 1.57. The summed E-state index contributed by atoms with van der Waals surface area (Å²) in [5, 5.41) is 4.38. The van der Waals surface area contributed by atoms with Crippen LogP contribution in [0.5, 0.6) is 11.5 Å². The molecule has 0 bridgehead atoms. The Hall–Kier alpha value is -3.39.